The quantitative estimate of drug-likeness (QED) is 0.341. The van der Waals surface area contributed by atoms with Crippen LogP contribution in [-0.4, -0.2) is 75.6 Å². The highest BCUT2D eigenvalue weighted by Crippen LogP contribution is 2.25. The number of esters is 1. The topological polar surface area (TPSA) is 172 Å². The van der Waals surface area contributed by atoms with Gasteiger partial charge in [-0.3, -0.25) is 14.4 Å². The summed E-state index contributed by atoms with van der Waals surface area (Å²) in [7, 11) is 0. The summed E-state index contributed by atoms with van der Waals surface area (Å²) in [6.45, 7) is 0.892. The first-order valence-corrected chi connectivity index (χ1v) is 8.78. The minimum atomic E-state index is -1.63. The first-order valence-electron chi connectivity index (χ1n) is 8.78. The Hall–Kier alpha value is -2.73. The van der Waals surface area contributed by atoms with Gasteiger partial charge in [0.25, 0.3) is 0 Å². The molecule has 11 nitrogen and oxygen atoms in total. The summed E-state index contributed by atoms with van der Waals surface area (Å²) in [6.07, 6.45) is -8.11. The average Bonchev–Trinajstić information content (AvgIpc) is 2.66. The molecule has 1 saturated heterocycles. The van der Waals surface area contributed by atoms with E-state index in [1.807, 2.05) is 0 Å². The van der Waals surface area contributed by atoms with Crippen molar-refractivity contribution in [2.75, 3.05) is 11.9 Å². The molecule has 29 heavy (non-hydrogen) atoms. The van der Waals surface area contributed by atoms with Crippen LogP contribution in [0.5, 0.6) is 5.75 Å². The monoisotopic (exact) mass is 413 g/mol. The molecule has 0 aromatic heterocycles. The predicted octanol–water partition coefficient (Wildman–Crippen LogP) is -0.761. The zero-order valence-electron chi connectivity index (χ0n) is 15.6. The summed E-state index contributed by atoms with van der Waals surface area (Å²) < 4.78 is 15.8. The van der Waals surface area contributed by atoms with Gasteiger partial charge in [0.05, 0.1) is 12.8 Å². The van der Waals surface area contributed by atoms with Crippen molar-refractivity contribution < 1.29 is 49.0 Å². The molecule has 1 aromatic rings. The minimum absolute atomic E-state index is 0.248. The third-order valence-corrected chi connectivity index (χ3v) is 4.05. The molecule has 0 aliphatic carbocycles. The molecular formula is C18H23NO10. The summed E-state index contributed by atoms with van der Waals surface area (Å²) in [5.41, 5.74) is 0.525. The van der Waals surface area contributed by atoms with E-state index < -0.39 is 55.7 Å². The maximum atomic E-state index is 11.5. The van der Waals surface area contributed by atoms with E-state index in [0.717, 1.165) is 0 Å². The molecule has 5 atom stereocenters. The SMILES string of the molecule is CC(=O)Nc1ccc(O[C@H]2OC(COC(=O)CCC(=O)O)[C@@H](O)C(O)C2O)cc1. The smallest absolute Gasteiger partial charge is 0.306 e. The van der Waals surface area contributed by atoms with Gasteiger partial charge in [0.2, 0.25) is 12.2 Å². The van der Waals surface area contributed by atoms with Crippen LogP contribution in [-0.2, 0) is 23.9 Å². The van der Waals surface area contributed by atoms with Crippen LogP contribution >= 0.6 is 0 Å². The molecule has 0 bridgehead atoms. The van der Waals surface area contributed by atoms with Crippen molar-refractivity contribution in [2.45, 2.75) is 50.5 Å². The molecule has 0 spiro atoms. The summed E-state index contributed by atoms with van der Waals surface area (Å²) in [4.78, 5) is 33.0. The van der Waals surface area contributed by atoms with Crippen LogP contribution in [0.25, 0.3) is 0 Å². The average molecular weight is 413 g/mol. The van der Waals surface area contributed by atoms with E-state index >= 15 is 0 Å². The van der Waals surface area contributed by atoms with Crippen LogP contribution in [0.2, 0.25) is 0 Å². The zero-order chi connectivity index (χ0) is 21.6. The number of carboxylic acid groups (broad SMARTS) is 1. The number of ether oxygens (including phenoxy) is 3. The van der Waals surface area contributed by atoms with E-state index in [0.29, 0.717) is 5.69 Å². The maximum absolute atomic E-state index is 11.5. The van der Waals surface area contributed by atoms with Gasteiger partial charge >= 0.3 is 11.9 Å². The second-order valence-electron chi connectivity index (χ2n) is 6.41. The van der Waals surface area contributed by atoms with Crippen LogP contribution in [0.15, 0.2) is 24.3 Å². The number of carboxylic acids is 1. The molecule has 2 rings (SSSR count). The number of carbonyl (C=O) groups is 3. The standard InChI is InChI=1S/C18H23NO10/c1-9(20)19-10-2-4-11(5-3-10)28-18-17(26)16(25)15(24)12(29-18)8-27-14(23)7-6-13(21)22/h2-5,12,15-18,24-26H,6-8H2,1H3,(H,19,20)(H,21,22)/t12?,15-,16?,17?,18+/m1/s1. The second kappa shape index (κ2) is 10.2. The van der Waals surface area contributed by atoms with E-state index in [1.165, 1.54) is 19.1 Å². The van der Waals surface area contributed by atoms with Crippen molar-refractivity contribution in [1.29, 1.82) is 0 Å². The van der Waals surface area contributed by atoms with Gasteiger partial charge in [-0.1, -0.05) is 0 Å². The van der Waals surface area contributed by atoms with Crippen molar-refractivity contribution in [2.24, 2.45) is 0 Å². The van der Waals surface area contributed by atoms with Crippen LogP contribution in [0.1, 0.15) is 19.8 Å². The third-order valence-electron chi connectivity index (χ3n) is 4.05. The molecular weight excluding hydrogens is 390 g/mol. The molecule has 11 heteroatoms. The van der Waals surface area contributed by atoms with E-state index in [4.69, 9.17) is 19.3 Å². The summed E-state index contributed by atoms with van der Waals surface area (Å²) in [6, 6.07) is 6.11. The summed E-state index contributed by atoms with van der Waals surface area (Å²) in [5, 5.41) is 41.3. The molecule has 0 radical (unpaired) electrons. The Morgan fingerprint density at radius 1 is 1.03 bits per heavy atom. The van der Waals surface area contributed by atoms with E-state index in [-0.39, 0.29) is 18.1 Å². The molecule has 0 saturated carbocycles. The number of aliphatic carboxylic acids is 1. The fourth-order valence-electron chi connectivity index (χ4n) is 2.56. The van der Waals surface area contributed by atoms with Crippen LogP contribution in [0.4, 0.5) is 5.69 Å². The Kier molecular flexibility index (Phi) is 7.91. The van der Waals surface area contributed by atoms with Gasteiger partial charge in [-0.2, -0.15) is 0 Å². The number of hydrogen-bond donors (Lipinski definition) is 5. The third kappa shape index (κ3) is 6.68. The lowest BCUT2D eigenvalue weighted by Crippen LogP contribution is -2.60. The Morgan fingerprint density at radius 2 is 1.69 bits per heavy atom. The lowest BCUT2D eigenvalue weighted by molar-refractivity contribution is -0.278. The number of aliphatic hydroxyl groups excluding tert-OH is 3. The molecule has 1 amide bonds. The van der Waals surface area contributed by atoms with Crippen LogP contribution in [0, 0.1) is 0 Å². The van der Waals surface area contributed by atoms with Gasteiger partial charge in [0.15, 0.2) is 0 Å². The van der Waals surface area contributed by atoms with Crippen molar-refractivity contribution in [3.63, 3.8) is 0 Å². The fourth-order valence-corrected chi connectivity index (χ4v) is 2.56. The lowest BCUT2D eigenvalue weighted by atomic mass is 9.99. The van der Waals surface area contributed by atoms with Gasteiger partial charge in [-0.15, -0.1) is 0 Å². The first kappa shape index (κ1) is 22.6. The van der Waals surface area contributed by atoms with Gasteiger partial charge < -0.3 is 40.0 Å². The van der Waals surface area contributed by atoms with Gasteiger partial charge in [0, 0.05) is 12.6 Å². The summed E-state index contributed by atoms with van der Waals surface area (Å²) >= 11 is 0. The molecule has 1 heterocycles. The number of hydrogen-bond acceptors (Lipinski definition) is 9. The highest BCUT2D eigenvalue weighted by atomic mass is 16.7. The lowest BCUT2D eigenvalue weighted by Gasteiger charge is -2.39. The normalized spacial score (nSPS) is 26.4. The van der Waals surface area contributed by atoms with Crippen molar-refractivity contribution in [3.8, 4) is 5.75 Å². The number of rotatable bonds is 8. The second-order valence-corrected chi connectivity index (χ2v) is 6.41. The number of carbonyl (C=O) groups excluding carboxylic acids is 2. The zero-order valence-corrected chi connectivity index (χ0v) is 15.6. The molecule has 3 unspecified atom stereocenters. The number of benzene rings is 1. The van der Waals surface area contributed by atoms with E-state index in [2.05, 4.69) is 5.32 Å². The minimum Gasteiger partial charge on any atom is -0.481 e. The number of anilines is 1. The Labute approximate surface area is 165 Å². The molecule has 160 valence electrons. The number of amides is 1. The summed E-state index contributed by atoms with van der Waals surface area (Å²) in [5.74, 6) is -1.96. The van der Waals surface area contributed by atoms with E-state index in [9.17, 15) is 29.7 Å². The van der Waals surface area contributed by atoms with Crippen LogP contribution in [0.3, 0.4) is 0 Å². The van der Waals surface area contributed by atoms with Crippen molar-refractivity contribution in [1.82, 2.24) is 0 Å². The Morgan fingerprint density at radius 3 is 2.28 bits per heavy atom. The van der Waals surface area contributed by atoms with Gasteiger partial charge in [0.1, 0.15) is 36.8 Å². The molecule has 5 N–H and O–H groups in total. The van der Waals surface area contributed by atoms with Crippen molar-refractivity contribution >= 4 is 23.5 Å². The van der Waals surface area contributed by atoms with Gasteiger partial charge in [-0.05, 0) is 24.3 Å². The molecule has 1 fully saturated rings. The predicted molar refractivity (Wildman–Crippen MR) is 95.9 cm³/mol. The molecule has 1 aliphatic heterocycles. The van der Waals surface area contributed by atoms with Crippen LogP contribution < -0.4 is 10.1 Å². The highest BCUT2D eigenvalue weighted by molar-refractivity contribution is 5.88. The Bertz CT molecular complexity index is 722. The van der Waals surface area contributed by atoms with Crippen molar-refractivity contribution in [3.05, 3.63) is 24.3 Å². The number of aliphatic hydroxyl groups is 3. The largest absolute Gasteiger partial charge is 0.481 e. The first-order chi connectivity index (χ1) is 13.7. The maximum Gasteiger partial charge on any atom is 0.306 e. The highest BCUT2D eigenvalue weighted by Gasteiger charge is 2.45. The van der Waals surface area contributed by atoms with Gasteiger partial charge in [-0.25, -0.2) is 0 Å². The van der Waals surface area contributed by atoms with E-state index in [1.54, 1.807) is 12.1 Å². The fraction of sp³-hybridized carbons (Fsp3) is 0.500. The molecule has 1 aliphatic rings. The number of nitrogens with one attached hydrogen (secondary N) is 1. The molecule has 1 aromatic carbocycles. The Balaban J connectivity index is 1.96.